The van der Waals surface area contributed by atoms with Crippen molar-refractivity contribution < 1.29 is 4.39 Å². The smallest absolute Gasteiger partial charge is 0.186 e. The van der Waals surface area contributed by atoms with E-state index in [0.29, 0.717) is 10.8 Å². The van der Waals surface area contributed by atoms with Gasteiger partial charge in [0, 0.05) is 12.6 Å². The van der Waals surface area contributed by atoms with Gasteiger partial charge in [-0.2, -0.15) is 5.10 Å². The quantitative estimate of drug-likeness (QED) is 0.708. The lowest BCUT2D eigenvalue weighted by Gasteiger charge is -2.00. The standard InChI is InChI=1S/C16H13ClFN3/c1-10-6-8-11(9-7-10)16-19-15(20-21(16)2)14-12(17)4-3-5-13(14)18/h3-9H,1-2H3. The predicted octanol–water partition coefficient (Wildman–Crippen LogP) is 4.25. The fourth-order valence-electron chi connectivity index (χ4n) is 2.16. The van der Waals surface area contributed by atoms with E-state index in [1.54, 1.807) is 23.9 Å². The van der Waals surface area contributed by atoms with E-state index in [0.717, 1.165) is 5.56 Å². The van der Waals surface area contributed by atoms with Gasteiger partial charge in [-0.05, 0) is 19.1 Å². The number of aryl methyl sites for hydroxylation is 2. The highest BCUT2D eigenvalue weighted by Gasteiger charge is 2.17. The Hall–Kier alpha value is -2.20. The van der Waals surface area contributed by atoms with Crippen LogP contribution in [0, 0.1) is 12.7 Å². The summed E-state index contributed by atoms with van der Waals surface area (Å²) in [6.07, 6.45) is 0. The third-order valence-corrected chi connectivity index (χ3v) is 3.57. The van der Waals surface area contributed by atoms with Crippen LogP contribution in [-0.4, -0.2) is 14.8 Å². The molecule has 0 fully saturated rings. The number of rotatable bonds is 2. The molecule has 0 spiro atoms. The monoisotopic (exact) mass is 301 g/mol. The number of halogens is 2. The topological polar surface area (TPSA) is 30.7 Å². The molecule has 0 aliphatic rings. The number of benzene rings is 2. The Morgan fingerprint density at radius 3 is 2.48 bits per heavy atom. The molecule has 1 aromatic heterocycles. The number of hydrogen-bond donors (Lipinski definition) is 0. The minimum absolute atomic E-state index is 0.230. The van der Waals surface area contributed by atoms with Gasteiger partial charge in [0.25, 0.3) is 0 Å². The SMILES string of the molecule is Cc1ccc(-c2nc(-c3c(F)cccc3Cl)nn2C)cc1. The van der Waals surface area contributed by atoms with Crippen molar-refractivity contribution in [3.05, 3.63) is 58.9 Å². The van der Waals surface area contributed by atoms with E-state index in [-0.39, 0.29) is 11.4 Å². The minimum atomic E-state index is -0.427. The number of nitrogens with zero attached hydrogens (tertiary/aromatic N) is 3. The third kappa shape index (κ3) is 2.54. The fourth-order valence-corrected chi connectivity index (χ4v) is 2.40. The Kier molecular flexibility index (Phi) is 3.47. The van der Waals surface area contributed by atoms with Crippen LogP contribution in [0.3, 0.4) is 0 Å². The van der Waals surface area contributed by atoms with Crippen molar-refractivity contribution in [3.63, 3.8) is 0 Å². The second-order valence-corrected chi connectivity index (χ2v) is 5.25. The van der Waals surface area contributed by atoms with Crippen LogP contribution in [0.5, 0.6) is 0 Å². The van der Waals surface area contributed by atoms with Gasteiger partial charge in [0.15, 0.2) is 11.6 Å². The predicted molar refractivity (Wildman–Crippen MR) is 81.6 cm³/mol. The van der Waals surface area contributed by atoms with Gasteiger partial charge in [-0.1, -0.05) is 47.5 Å². The summed E-state index contributed by atoms with van der Waals surface area (Å²) in [5.74, 6) is 0.532. The zero-order valence-corrected chi connectivity index (χ0v) is 12.4. The van der Waals surface area contributed by atoms with E-state index < -0.39 is 5.82 Å². The van der Waals surface area contributed by atoms with Crippen molar-refractivity contribution in [2.75, 3.05) is 0 Å². The Balaban J connectivity index is 2.12. The lowest BCUT2D eigenvalue weighted by Crippen LogP contribution is -1.94. The van der Waals surface area contributed by atoms with Gasteiger partial charge >= 0.3 is 0 Å². The van der Waals surface area contributed by atoms with Crippen molar-refractivity contribution >= 4 is 11.6 Å². The average Bonchev–Trinajstić information content (AvgIpc) is 2.81. The lowest BCUT2D eigenvalue weighted by molar-refractivity contribution is 0.629. The Bertz CT molecular complexity index is 774. The van der Waals surface area contributed by atoms with Gasteiger partial charge in [-0.15, -0.1) is 0 Å². The van der Waals surface area contributed by atoms with Gasteiger partial charge < -0.3 is 0 Å². The molecule has 2 aromatic carbocycles. The Morgan fingerprint density at radius 2 is 1.81 bits per heavy atom. The van der Waals surface area contributed by atoms with Crippen LogP contribution in [0.2, 0.25) is 5.02 Å². The molecule has 0 aliphatic heterocycles. The normalized spacial score (nSPS) is 10.9. The summed E-state index contributed by atoms with van der Waals surface area (Å²) in [7, 11) is 1.78. The molecule has 0 atom stereocenters. The van der Waals surface area contributed by atoms with Gasteiger partial charge in [0.05, 0.1) is 10.6 Å². The van der Waals surface area contributed by atoms with E-state index in [9.17, 15) is 4.39 Å². The molecule has 1 heterocycles. The van der Waals surface area contributed by atoms with Gasteiger partial charge in [-0.25, -0.2) is 14.1 Å². The largest absolute Gasteiger partial charge is 0.248 e. The zero-order chi connectivity index (χ0) is 15.0. The van der Waals surface area contributed by atoms with Crippen LogP contribution in [-0.2, 0) is 7.05 Å². The lowest BCUT2D eigenvalue weighted by atomic mass is 10.1. The highest BCUT2D eigenvalue weighted by Crippen LogP contribution is 2.29. The molecular formula is C16H13ClFN3. The van der Waals surface area contributed by atoms with E-state index >= 15 is 0 Å². The first kappa shape index (κ1) is 13.8. The first-order chi connectivity index (χ1) is 10.1. The molecule has 0 saturated carbocycles. The highest BCUT2D eigenvalue weighted by atomic mass is 35.5. The molecule has 5 heteroatoms. The van der Waals surface area contributed by atoms with Crippen LogP contribution in [0.25, 0.3) is 22.8 Å². The summed E-state index contributed by atoms with van der Waals surface area (Å²) in [5.41, 5.74) is 2.32. The van der Waals surface area contributed by atoms with Crippen LogP contribution in [0.15, 0.2) is 42.5 Å². The first-order valence-corrected chi connectivity index (χ1v) is 6.86. The van der Waals surface area contributed by atoms with Crippen molar-refractivity contribution in [1.29, 1.82) is 0 Å². The summed E-state index contributed by atoms with van der Waals surface area (Å²) in [4.78, 5) is 4.43. The van der Waals surface area contributed by atoms with Gasteiger partial charge in [0.2, 0.25) is 0 Å². The van der Waals surface area contributed by atoms with Crippen LogP contribution in [0.1, 0.15) is 5.56 Å². The van der Waals surface area contributed by atoms with Crippen molar-refractivity contribution in [1.82, 2.24) is 14.8 Å². The van der Waals surface area contributed by atoms with E-state index in [4.69, 9.17) is 11.6 Å². The summed E-state index contributed by atoms with van der Waals surface area (Å²) in [6.45, 7) is 2.02. The number of aromatic nitrogens is 3. The molecule has 3 aromatic rings. The first-order valence-electron chi connectivity index (χ1n) is 6.48. The summed E-state index contributed by atoms with van der Waals surface area (Å²) >= 11 is 6.06. The molecule has 0 bridgehead atoms. The second-order valence-electron chi connectivity index (χ2n) is 4.85. The molecule has 3 rings (SSSR count). The van der Waals surface area contributed by atoms with Crippen molar-refractivity contribution in [2.45, 2.75) is 6.92 Å². The molecule has 0 aliphatic carbocycles. The van der Waals surface area contributed by atoms with Crippen molar-refractivity contribution in [2.24, 2.45) is 7.05 Å². The van der Waals surface area contributed by atoms with Crippen LogP contribution in [0.4, 0.5) is 4.39 Å². The second kappa shape index (κ2) is 5.30. The maximum atomic E-state index is 14.0. The fraction of sp³-hybridized carbons (Fsp3) is 0.125. The van der Waals surface area contributed by atoms with E-state index in [1.165, 1.54) is 11.6 Å². The minimum Gasteiger partial charge on any atom is -0.248 e. The molecule has 0 unspecified atom stereocenters. The Morgan fingerprint density at radius 1 is 1.10 bits per heavy atom. The zero-order valence-electron chi connectivity index (χ0n) is 11.6. The summed E-state index contributed by atoms with van der Waals surface area (Å²) in [6, 6.07) is 12.5. The van der Waals surface area contributed by atoms with Crippen LogP contribution >= 0.6 is 11.6 Å². The Labute approximate surface area is 127 Å². The van der Waals surface area contributed by atoms with E-state index in [1.807, 2.05) is 31.2 Å². The molecule has 106 valence electrons. The van der Waals surface area contributed by atoms with Gasteiger partial charge in [0.1, 0.15) is 5.82 Å². The summed E-state index contributed by atoms with van der Waals surface area (Å²) < 4.78 is 15.6. The van der Waals surface area contributed by atoms with Crippen molar-refractivity contribution in [3.8, 4) is 22.8 Å². The molecule has 0 saturated heterocycles. The molecular weight excluding hydrogens is 289 g/mol. The highest BCUT2D eigenvalue weighted by molar-refractivity contribution is 6.33. The molecule has 0 N–H and O–H groups in total. The third-order valence-electron chi connectivity index (χ3n) is 3.26. The maximum Gasteiger partial charge on any atom is 0.186 e. The molecule has 3 nitrogen and oxygen atoms in total. The molecule has 0 amide bonds. The van der Waals surface area contributed by atoms with E-state index in [2.05, 4.69) is 10.1 Å². The maximum absolute atomic E-state index is 14.0. The number of hydrogen-bond acceptors (Lipinski definition) is 2. The van der Waals surface area contributed by atoms with Crippen LogP contribution < -0.4 is 0 Å². The average molecular weight is 302 g/mol. The summed E-state index contributed by atoms with van der Waals surface area (Å²) in [5, 5.41) is 4.58. The molecule has 21 heavy (non-hydrogen) atoms. The molecule has 0 radical (unpaired) electrons. The van der Waals surface area contributed by atoms with Gasteiger partial charge in [-0.3, -0.25) is 0 Å².